The van der Waals surface area contributed by atoms with Gasteiger partial charge < -0.3 is 19.9 Å². The fraction of sp³-hybridized carbons (Fsp3) is 0.360. The van der Waals surface area contributed by atoms with Gasteiger partial charge in [0.2, 0.25) is 5.01 Å². The molecule has 1 aromatic heterocycles. The number of rotatable bonds is 7. The molecule has 0 aliphatic heterocycles. The van der Waals surface area contributed by atoms with E-state index < -0.39 is 5.97 Å². The molecule has 1 heterocycles. The Bertz CT molecular complexity index is 1150. The average Bonchev–Trinajstić information content (AvgIpc) is 3.29. The SMILES string of the molecule is O=C(Nc1ccc(OC2CCC3(CC2)CC(C(=O)O)C3)cc1)c1nnc(Oc2ccccc2)s1. The molecular weight excluding hydrogens is 454 g/mol. The van der Waals surface area contributed by atoms with E-state index in [9.17, 15) is 9.59 Å². The van der Waals surface area contributed by atoms with Crippen molar-refractivity contribution in [2.24, 2.45) is 11.3 Å². The van der Waals surface area contributed by atoms with Crippen LogP contribution in [0.4, 0.5) is 5.69 Å². The molecule has 0 radical (unpaired) electrons. The average molecular weight is 480 g/mol. The number of hydrogen-bond donors (Lipinski definition) is 2. The lowest BCUT2D eigenvalue weighted by molar-refractivity contribution is -0.152. The molecule has 0 bridgehead atoms. The predicted octanol–water partition coefficient (Wildman–Crippen LogP) is 5.39. The molecule has 0 unspecified atom stereocenters. The van der Waals surface area contributed by atoms with Gasteiger partial charge in [-0.15, -0.1) is 5.10 Å². The maximum absolute atomic E-state index is 12.5. The van der Waals surface area contributed by atoms with E-state index in [-0.39, 0.29) is 28.4 Å². The summed E-state index contributed by atoms with van der Waals surface area (Å²) in [6.07, 6.45) is 5.67. The number of amides is 1. The number of carbonyl (C=O) groups is 2. The molecule has 0 saturated heterocycles. The fourth-order valence-corrected chi connectivity index (χ4v) is 5.43. The summed E-state index contributed by atoms with van der Waals surface area (Å²) in [6, 6.07) is 16.5. The normalized spacial score (nSPS) is 23.6. The minimum atomic E-state index is -0.664. The zero-order valence-corrected chi connectivity index (χ0v) is 19.3. The number of anilines is 1. The summed E-state index contributed by atoms with van der Waals surface area (Å²) < 4.78 is 11.7. The van der Waals surface area contributed by atoms with Crippen LogP contribution in [-0.4, -0.2) is 33.3 Å². The third-order valence-electron chi connectivity index (χ3n) is 6.67. The molecule has 34 heavy (non-hydrogen) atoms. The van der Waals surface area contributed by atoms with Crippen molar-refractivity contribution in [2.75, 3.05) is 5.32 Å². The van der Waals surface area contributed by atoms with Gasteiger partial charge in [-0.2, -0.15) is 0 Å². The third kappa shape index (κ3) is 5.04. The van der Waals surface area contributed by atoms with Gasteiger partial charge in [-0.1, -0.05) is 23.3 Å². The molecule has 2 N–H and O–H groups in total. The molecule has 2 aromatic carbocycles. The Morgan fingerprint density at radius 1 is 0.971 bits per heavy atom. The van der Waals surface area contributed by atoms with Crippen molar-refractivity contribution >= 4 is 28.9 Å². The van der Waals surface area contributed by atoms with Crippen LogP contribution >= 0.6 is 11.3 Å². The van der Waals surface area contributed by atoms with Crippen molar-refractivity contribution < 1.29 is 24.2 Å². The van der Waals surface area contributed by atoms with Crippen LogP contribution in [0.2, 0.25) is 0 Å². The van der Waals surface area contributed by atoms with Crippen LogP contribution in [0, 0.1) is 11.3 Å². The minimum absolute atomic E-state index is 0.138. The molecule has 8 nitrogen and oxygen atoms in total. The highest BCUT2D eigenvalue weighted by Crippen LogP contribution is 2.55. The molecule has 1 amide bonds. The number of carboxylic acid groups (broad SMARTS) is 1. The molecule has 5 rings (SSSR count). The molecule has 176 valence electrons. The number of benzene rings is 2. The van der Waals surface area contributed by atoms with E-state index in [1.165, 1.54) is 0 Å². The van der Waals surface area contributed by atoms with E-state index in [0.29, 0.717) is 16.6 Å². The highest BCUT2D eigenvalue weighted by molar-refractivity contribution is 7.15. The zero-order valence-electron chi connectivity index (χ0n) is 18.5. The van der Waals surface area contributed by atoms with Gasteiger partial charge in [0.25, 0.3) is 11.1 Å². The summed E-state index contributed by atoms with van der Waals surface area (Å²) in [5, 5.41) is 20.3. The topological polar surface area (TPSA) is 111 Å². The highest BCUT2D eigenvalue weighted by atomic mass is 32.1. The van der Waals surface area contributed by atoms with E-state index in [0.717, 1.165) is 55.6 Å². The predicted molar refractivity (Wildman–Crippen MR) is 126 cm³/mol. The quantitative estimate of drug-likeness (QED) is 0.468. The summed E-state index contributed by atoms with van der Waals surface area (Å²) in [4.78, 5) is 23.6. The number of carbonyl (C=O) groups excluding carboxylic acids is 1. The van der Waals surface area contributed by atoms with Gasteiger partial charge in [0.15, 0.2) is 0 Å². The number of ether oxygens (including phenoxy) is 2. The van der Waals surface area contributed by atoms with Gasteiger partial charge in [0, 0.05) is 5.69 Å². The lowest BCUT2D eigenvalue weighted by atomic mass is 9.55. The highest BCUT2D eigenvalue weighted by Gasteiger charge is 2.49. The van der Waals surface area contributed by atoms with Crippen LogP contribution in [0.5, 0.6) is 16.7 Å². The first-order valence-electron chi connectivity index (χ1n) is 11.4. The van der Waals surface area contributed by atoms with E-state index in [4.69, 9.17) is 14.6 Å². The van der Waals surface area contributed by atoms with Crippen molar-refractivity contribution in [3.63, 3.8) is 0 Å². The molecule has 3 aromatic rings. The largest absolute Gasteiger partial charge is 0.490 e. The molecule has 1 spiro atoms. The summed E-state index contributed by atoms with van der Waals surface area (Å²) in [5.74, 6) is 0.204. The molecule has 2 aliphatic rings. The molecule has 2 fully saturated rings. The third-order valence-corrected chi connectivity index (χ3v) is 7.47. The Morgan fingerprint density at radius 3 is 2.35 bits per heavy atom. The number of aliphatic carboxylic acids is 1. The van der Waals surface area contributed by atoms with Gasteiger partial charge in [-0.25, -0.2) is 0 Å². The number of para-hydroxylation sites is 1. The summed E-state index contributed by atoms with van der Waals surface area (Å²) in [6.45, 7) is 0. The molecule has 2 saturated carbocycles. The van der Waals surface area contributed by atoms with Crippen LogP contribution in [0.1, 0.15) is 48.3 Å². The number of aromatic nitrogens is 2. The van der Waals surface area contributed by atoms with Crippen molar-refractivity contribution in [1.29, 1.82) is 0 Å². The summed E-state index contributed by atoms with van der Waals surface area (Å²) in [5.41, 5.74) is 0.850. The standard InChI is InChI=1S/C25H25N3O5S/c29-21(22-27-28-24(34-22)33-18-4-2-1-3-5-18)26-17-6-8-19(9-7-17)32-20-10-12-25(13-11-20)14-16(15-25)23(30)31/h1-9,16,20H,10-15H2,(H,26,29)(H,30,31). The first-order valence-corrected chi connectivity index (χ1v) is 12.2. The first kappa shape index (κ1) is 22.3. The number of nitrogens with one attached hydrogen (secondary N) is 1. The van der Waals surface area contributed by atoms with E-state index in [1.807, 2.05) is 30.3 Å². The minimum Gasteiger partial charge on any atom is -0.490 e. The summed E-state index contributed by atoms with van der Waals surface area (Å²) in [7, 11) is 0. The maximum atomic E-state index is 12.5. The lowest BCUT2D eigenvalue weighted by Crippen LogP contribution is -2.44. The second kappa shape index (κ2) is 9.42. The van der Waals surface area contributed by atoms with Crippen LogP contribution < -0.4 is 14.8 Å². The van der Waals surface area contributed by atoms with Crippen molar-refractivity contribution in [1.82, 2.24) is 10.2 Å². The Labute approximate surface area is 200 Å². The molecule has 2 aliphatic carbocycles. The second-order valence-corrected chi connectivity index (χ2v) is 9.97. The first-order chi connectivity index (χ1) is 16.5. The van der Waals surface area contributed by atoms with Crippen molar-refractivity contribution in [3.05, 3.63) is 59.6 Å². The van der Waals surface area contributed by atoms with Gasteiger partial charge in [0.05, 0.1) is 12.0 Å². The van der Waals surface area contributed by atoms with Crippen LogP contribution in [0.25, 0.3) is 0 Å². The van der Waals surface area contributed by atoms with E-state index >= 15 is 0 Å². The van der Waals surface area contributed by atoms with E-state index in [1.54, 1.807) is 24.3 Å². The van der Waals surface area contributed by atoms with Crippen LogP contribution in [-0.2, 0) is 4.79 Å². The van der Waals surface area contributed by atoms with Crippen LogP contribution in [0.3, 0.4) is 0 Å². The lowest BCUT2D eigenvalue weighted by Gasteiger charge is -2.50. The zero-order chi connectivity index (χ0) is 23.5. The Hall–Kier alpha value is -3.46. The van der Waals surface area contributed by atoms with Gasteiger partial charge in [-0.05, 0) is 91.7 Å². The Morgan fingerprint density at radius 2 is 1.68 bits per heavy atom. The smallest absolute Gasteiger partial charge is 0.306 e. The number of nitrogens with zero attached hydrogens (tertiary/aromatic N) is 2. The van der Waals surface area contributed by atoms with Crippen molar-refractivity contribution in [2.45, 2.75) is 44.6 Å². The maximum Gasteiger partial charge on any atom is 0.306 e. The van der Waals surface area contributed by atoms with Crippen molar-refractivity contribution in [3.8, 4) is 16.7 Å². The fourth-order valence-electron chi connectivity index (χ4n) is 4.82. The Balaban J connectivity index is 1.10. The van der Waals surface area contributed by atoms with Crippen LogP contribution in [0.15, 0.2) is 54.6 Å². The van der Waals surface area contributed by atoms with Gasteiger partial charge >= 0.3 is 5.97 Å². The number of carboxylic acids is 1. The molecule has 9 heteroatoms. The summed E-state index contributed by atoms with van der Waals surface area (Å²) >= 11 is 1.08. The second-order valence-electron chi connectivity index (χ2n) is 9.03. The van der Waals surface area contributed by atoms with E-state index in [2.05, 4.69) is 15.5 Å². The molecule has 0 atom stereocenters. The number of hydrogen-bond acceptors (Lipinski definition) is 7. The van der Waals surface area contributed by atoms with Gasteiger partial charge in [-0.3, -0.25) is 9.59 Å². The monoisotopic (exact) mass is 479 g/mol. The molecular formula is C25H25N3O5S. The van der Waals surface area contributed by atoms with Gasteiger partial charge in [0.1, 0.15) is 11.5 Å². The Kier molecular flexibility index (Phi) is 6.19.